The van der Waals surface area contributed by atoms with Crippen molar-refractivity contribution in [3.8, 4) is 0 Å². The van der Waals surface area contributed by atoms with Crippen molar-refractivity contribution in [3.05, 3.63) is 0 Å². The molecule has 1 heteroatoms. The van der Waals surface area contributed by atoms with Gasteiger partial charge in [-0.15, -0.1) is 0 Å². The minimum atomic E-state index is 0.673. The molecule has 1 spiro atoms. The van der Waals surface area contributed by atoms with E-state index in [1.54, 1.807) is 0 Å². The zero-order valence-electron chi connectivity index (χ0n) is 10.1. The van der Waals surface area contributed by atoms with Crippen molar-refractivity contribution < 1.29 is 0 Å². The number of hydrogen-bond donors (Lipinski definition) is 0. The summed E-state index contributed by atoms with van der Waals surface area (Å²) in [6, 6.07) is 0. The Balaban J connectivity index is 1.95. The lowest BCUT2D eigenvalue weighted by atomic mass is 9.63. The molecule has 1 saturated heterocycles. The van der Waals surface area contributed by atoms with Gasteiger partial charge >= 0.3 is 0 Å². The maximum atomic E-state index is 2.52. The molecule has 0 aromatic heterocycles. The Bertz CT molecular complexity index is 201. The van der Waals surface area contributed by atoms with Crippen molar-refractivity contribution in [2.75, 3.05) is 20.1 Å². The van der Waals surface area contributed by atoms with Crippen LogP contribution >= 0.6 is 0 Å². The Morgan fingerprint density at radius 2 is 1.71 bits per heavy atom. The Labute approximate surface area is 88.9 Å². The van der Waals surface area contributed by atoms with E-state index < -0.39 is 0 Å². The lowest BCUT2D eigenvalue weighted by molar-refractivity contribution is 0.0929. The first-order valence-corrected chi connectivity index (χ1v) is 6.26. The Morgan fingerprint density at radius 3 is 2.14 bits per heavy atom. The van der Waals surface area contributed by atoms with E-state index in [0.29, 0.717) is 5.41 Å². The van der Waals surface area contributed by atoms with Crippen LogP contribution in [0.2, 0.25) is 0 Å². The van der Waals surface area contributed by atoms with E-state index in [1.807, 2.05) is 0 Å². The standard InChI is InChI=1S/C13H25N/c1-4-12(2)5-7-13(8-6-12)9-10-14(3)11-13/h4-11H2,1-3H3. The second kappa shape index (κ2) is 3.52. The predicted molar refractivity (Wildman–Crippen MR) is 61.4 cm³/mol. The Hall–Kier alpha value is -0.0400. The van der Waals surface area contributed by atoms with Gasteiger partial charge in [0.25, 0.3) is 0 Å². The van der Waals surface area contributed by atoms with Gasteiger partial charge in [-0.05, 0) is 56.5 Å². The zero-order valence-corrected chi connectivity index (χ0v) is 10.1. The Morgan fingerprint density at radius 1 is 1.07 bits per heavy atom. The first kappa shape index (κ1) is 10.5. The number of rotatable bonds is 1. The summed E-state index contributed by atoms with van der Waals surface area (Å²) in [5.41, 5.74) is 1.40. The summed E-state index contributed by atoms with van der Waals surface area (Å²) >= 11 is 0. The molecule has 0 unspecified atom stereocenters. The van der Waals surface area contributed by atoms with Crippen LogP contribution in [-0.4, -0.2) is 25.0 Å². The molecule has 0 amide bonds. The number of likely N-dealkylation sites (tertiary alicyclic amines) is 1. The van der Waals surface area contributed by atoms with E-state index in [4.69, 9.17) is 0 Å². The molecule has 2 aliphatic rings. The summed E-state index contributed by atoms with van der Waals surface area (Å²) in [7, 11) is 2.28. The van der Waals surface area contributed by atoms with E-state index in [-0.39, 0.29) is 0 Å². The van der Waals surface area contributed by atoms with Crippen LogP contribution in [0.15, 0.2) is 0 Å². The van der Waals surface area contributed by atoms with Crippen LogP contribution < -0.4 is 0 Å². The molecule has 1 nitrogen and oxygen atoms in total. The SMILES string of the molecule is CCC1(C)CCC2(CCN(C)C2)CC1. The molecule has 2 fully saturated rings. The monoisotopic (exact) mass is 195 g/mol. The molecule has 0 radical (unpaired) electrons. The second-order valence-electron chi connectivity index (χ2n) is 6.15. The van der Waals surface area contributed by atoms with E-state index in [1.165, 1.54) is 51.6 Å². The van der Waals surface area contributed by atoms with Crippen molar-refractivity contribution in [2.45, 2.75) is 52.4 Å². The van der Waals surface area contributed by atoms with Gasteiger partial charge in [-0.2, -0.15) is 0 Å². The van der Waals surface area contributed by atoms with Crippen LogP contribution in [-0.2, 0) is 0 Å². The molecule has 1 heterocycles. The van der Waals surface area contributed by atoms with Crippen molar-refractivity contribution in [1.82, 2.24) is 4.90 Å². The maximum absolute atomic E-state index is 2.52. The summed E-state index contributed by atoms with van der Waals surface area (Å²) in [6.45, 7) is 7.55. The fourth-order valence-electron chi connectivity index (χ4n) is 3.30. The topological polar surface area (TPSA) is 3.24 Å². The molecule has 0 N–H and O–H groups in total. The van der Waals surface area contributed by atoms with E-state index in [0.717, 1.165) is 5.41 Å². The Kier molecular flexibility index (Phi) is 2.63. The van der Waals surface area contributed by atoms with Gasteiger partial charge in [0, 0.05) is 6.54 Å². The smallest absolute Gasteiger partial charge is 0.00354 e. The number of hydrogen-bond acceptors (Lipinski definition) is 1. The van der Waals surface area contributed by atoms with Gasteiger partial charge in [-0.1, -0.05) is 20.3 Å². The van der Waals surface area contributed by atoms with E-state index in [2.05, 4.69) is 25.8 Å². The second-order valence-corrected chi connectivity index (χ2v) is 6.15. The fourth-order valence-corrected chi connectivity index (χ4v) is 3.30. The third-order valence-electron chi connectivity index (χ3n) is 5.00. The summed E-state index contributed by atoms with van der Waals surface area (Å²) in [5, 5.41) is 0. The van der Waals surface area contributed by atoms with Gasteiger partial charge in [0.05, 0.1) is 0 Å². The van der Waals surface area contributed by atoms with E-state index in [9.17, 15) is 0 Å². The third-order valence-corrected chi connectivity index (χ3v) is 5.00. The maximum Gasteiger partial charge on any atom is 0.00354 e. The summed E-state index contributed by atoms with van der Waals surface area (Å²) in [6.07, 6.45) is 8.75. The molecule has 1 aliphatic carbocycles. The third kappa shape index (κ3) is 1.84. The number of nitrogens with zero attached hydrogens (tertiary/aromatic N) is 1. The van der Waals surface area contributed by atoms with Crippen molar-refractivity contribution in [2.24, 2.45) is 10.8 Å². The van der Waals surface area contributed by atoms with E-state index >= 15 is 0 Å². The van der Waals surface area contributed by atoms with Gasteiger partial charge < -0.3 is 4.90 Å². The first-order valence-electron chi connectivity index (χ1n) is 6.26. The fraction of sp³-hybridized carbons (Fsp3) is 1.00. The van der Waals surface area contributed by atoms with Gasteiger partial charge in [-0.3, -0.25) is 0 Å². The average molecular weight is 195 g/mol. The van der Waals surface area contributed by atoms with Crippen LogP contribution in [0.1, 0.15) is 52.4 Å². The predicted octanol–water partition coefficient (Wildman–Crippen LogP) is 3.30. The van der Waals surface area contributed by atoms with Gasteiger partial charge in [0.15, 0.2) is 0 Å². The summed E-state index contributed by atoms with van der Waals surface area (Å²) in [5.74, 6) is 0. The van der Waals surface area contributed by atoms with Crippen LogP contribution in [0.5, 0.6) is 0 Å². The minimum Gasteiger partial charge on any atom is -0.306 e. The van der Waals surface area contributed by atoms with Crippen LogP contribution in [0.4, 0.5) is 0 Å². The molecule has 1 aliphatic heterocycles. The summed E-state index contributed by atoms with van der Waals surface area (Å²) in [4.78, 5) is 2.52. The highest BCUT2D eigenvalue weighted by Crippen LogP contribution is 2.50. The largest absolute Gasteiger partial charge is 0.306 e. The van der Waals surface area contributed by atoms with Gasteiger partial charge in [0.2, 0.25) is 0 Å². The molecule has 14 heavy (non-hydrogen) atoms. The molecule has 0 aromatic rings. The van der Waals surface area contributed by atoms with Crippen LogP contribution in [0.25, 0.3) is 0 Å². The highest BCUT2D eigenvalue weighted by atomic mass is 15.1. The lowest BCUT2D eigenvalue weighted by Gasteiger charge is -2.42. The zero-order chi connectivity index (χ0) is 10.2. The normalized spacial score (nSPS) is 44.8. The molecular weight excluding hydrogens is 170 g/mol. The molecule has 2 rings (SSSR count). The summed E-state index contributed by atoms with van der Waals surface area (Å²) < 4.78 is 0. The van der Waals surface area contributed by atoms with Crippen LogP contribution in [0, 0.1) is 10.8 Å². The highest BCUT2D eigenvalue weighted by molar-refractivity contribution is 4.95. The first-order chi connectivity index (χ1) is 6.58. The van der Waals surface area contributed by atoms with Gasteiger partial charge in [0.1, 0.15) is 0 Å². The highest BCUT2D eigenvalue weighted by Gasteiger charge is 2.42. The molecule has 0 aromatic carbocycles. The molecule has 0 bridgehead atoms. The molecule has 1 saturated carbocycles. The van der Waals surface area contributed by atoms with Crippen molar-refractivity contribution >= 4 is 0 Å². The molecular formula is C13H25N. The lowest BCUT2D eigenvalue weighted by Crippen LogP contribution is -2.34. The van der Waals surface area contributed by atoms with Crippen LogP contribution in [0.3, 0.4) is 0 Å². The quantitative estimate of drug-likeness (QED) is 0.620. The van der Waals surface area contributed by atoms with Crippen molar-refractivity contribution in [1.29, 1.82) is 0 Å². The average Bonchev–Trinajstić information content (AvgIpc) is 2.55. The molecule has 82 valence electrons. The van der Waals surface area contributed by atoms with Crippen molar-refractivity contribution in [3.63, 3.8) is 0 Å². The van der Waals surface area contributed by atoms with Gasteiger partial charge in [-0.25, -0.2) is 0 Å². The minimum absolute atomic E-state index is 0.673. The molecule has 0 atom stereocenters.